The third-order valence-electron chi connectivity index (χ3n) is 4.46. The summed E-state index contributed by atoms with van der Waals surface area (Å²) < 4.78 is 10.6. The van der Waals surface area contributed by atoms with Gasteiger partial charge in [-0.05, 0) is 25.5 Å². The van der Waals surface area contributed by atoms with Crippen LogP contribution in [0.1, 0.15) is 19.2 Å². The summed E-state index contributed by atoms with van der Waals surface area (Å²) in [6, 6.07) is 7.42. The minimum absolute atomic E-state index is 0. The van der Waals surface area contributed by atoms with Gasteiger partial charge in [-0.3, -0.25) is 4.99 Å². The highest BCUT2D eigenvalue weighted by atomic mass is 127. The lowest BCUT2D eigenvalue weighted by Crippen LogP contribution is -2.40. The molecule has 0 spiro atoms. The van der Waals surface area contributed by atoms with E-state index in [1.54, 1.807) is 7.11 Å². The maximum Gasteiger partial charge on any atom is 0.228 e. The highest BCUT2D eigenvalue weighted by Gasteiger charge is 2.24. The van der Waals surface area contributed by atoms with Crippen LogP contribution in [0.5, 0.6) is 0 Å². The Kier molecular flexibility index (Phi) is 9.46. The minimum atomic E-state index is 0. The Bertz CT molecular complexity index is 770. The summed E-state index contributed by atoms with van der Waals surface area (Å²) in [5.41, 5.74) is 0.843. The number of hydrogen-bond donors (Lipinski definition) is 1. The van der Waals surface area contributed by atoms with E-state index in [-0.39, 0.29) is 24.0 Å². The molecule has 1 aromatic carbocycles. The molecule has 1 aliphatic rings. The Morgan fingerprint density at radius 3 is 3.07 bits per heavy atom. The van der Waals surface area contributed by atoms with Gasteiger partial charge >= 0.3 is 0 Å². The average Bonchev–Trinajstić information content (AvgIpc) is 3.31. The van der Waals surface area contributed by atoms with Crippen LogP contribution in [-0.2, 0) is 11.2 Å². The minimum Gasteiger partial charge on any atom is -0.384 e. The van der Waals surface area contributed by atoms with E-state index in [9.17, 15) is 0 Å². The van der Waals surface area contributed by atoms with Gasteiger partial charge in [-0.2, -0.15) is 4.98 Å². The number of aliphatic imine (C=N–C) groups is 1. The number of benzene rings is 1. The van der Waals surface area contributed by atoms with Crippen molar-refractivity contribution in [1.82, 2.24) is 20.4 Å². The molecule has 1 N–H and O–H groups in total. The number of methoxy groups -OCH3 is 1. The van der Waals surface area contributed by atoms with Gasteiger partial charge in [0.05, 0.1) is 13.2 Å². The number of rotatable bonds is 7. The number of halogens is 2. The van der Waals surface area contributed by atoms with Crippen molar-refractivity contribution in [2.24, 2.45) is 10.9 Å². The van der Waals surface area contributed by atoms with E-state index in [4.69, 9.17) is 25.9 Å². The molecule has 1 atom stereocenters. The molecule has 0 aliphatic carbocycles. The van der Waals surface area contributed by atoms with Crippen molar-refractivity contribution < 1.29 is 9.26 Å². The summed E-state index contributed by atoms with van der Waals surface area (Å²) in [6.07, 6.45) is 1.72. The molecule has 0 bridgehead atoms. The maximum atomic E-state index is 6.02. The van der Waals surface area contributed by atoms with E-state index in [1.165, 1.54) is 0 Å². The van der Waals surface area contributed by atoms with Crippen LogP contribution >= 0.6 is 35.6 Å². The van der Waals surface area contributed by atoms with Crippen LogP contribution in [0.15, 0.2) is 33.8 Å². The molecular weight excluding hydrogens is 493 g/mol. The molecule has 0 saturated carbocycles. The van der Waals surface area contributed by atoms with E-state index in [0.29, 0.717) is 35.6 Å². The standard InChI is InChI=1S/C19H26ClN5O2.HI/c1-3-21-19(25-10-8-14(12-25)13-26-2)22-9-7-17-23-18(24-27-17)15-5-4-6-16(20)11-15;/h4-6,11,14H,3,7-10,12-13H2,1-2H3,(H,21,22);1H. The van der Waals surface area contributed by atoms with Crippen molar-refractivity contribution in [1.29, 1.82) is 0 Å². The predicted octanol–water partition coefficient (Wildman–Crippen LogP) is 3.48. The van der Waals surface area contributed by atoms with Gasteiger partial charge in [0.25, 0.3) is 0 Å². The highest BCUT2D eigenvalue weighted by molar-refractivity contribution is 14.0. The van der Waals surface area contributed by atoms with Crippen LogP contribution in [0, 0.1) is 5.92 Å². The molecule has 2 heterocycles. The molecule has 0 radical (unpaired) electrons. The molecule has 7 nitrogen and oxygen atoms in total. The topological polar surface area (TPSA) is 75.8 Å². The fraction of sp³-hybridized carbons (Fsp3) is 0.526. The van der Waals surface area contributed by atoms with Crippen molar-refractivity contribution in [2.75, 3.05) is 39.9 Å². The first-order valence-corrected chi connectivity index (χ1v) is 9.68. The number of hydrogen-bond acceptors (Lipinski definition) is 5. The molecule has 154 valence electrons. The number of likely N-dealkylation sites (tertiary alicyclic amines) is 1. The summed E-state index contributed by atoms with van der Waals surface area (Å²) in [4.78, 5) is 11.5. The molecule has 0 amide bonds. The lowest BCUT2D eigenvalue weighted by Gasteiger charge is -2.21. The first-order valence-electron chi connectivity index (χ1n) is 9.30. The zero-order chi connectivity index (χ0) is 19.1. The van der Waals surface area contributed by atoms with Crippen LogP contribution in [0.25, 0.3) is 11.4 Å². The number of ether oxygens (including phenoxy) is 1. The van der Waals surface area contributed by atoms with Crippen LogP contribution in [0.2, 0.25) is 5.02 Å². The molecule has 1 aliphatic heterocycles. The molecular formula is C19H27ClIN5O2. The lowest BCUT2D eigenvalue weighted by molar-refractivity contribution is 0.157. The normalized spacial score (nSPS) is 16.9. The third-order valence-corrected chi connectivity index (χ3v) is 4.70. The van der Waals surface area contributed by atoms with Gasteiger partial charge in [0, 0.05) is 49.7 Å². The summed E-state index contributed by atoms with van der Waals surface area (Å²) in [5.74, 6) is 2.62. The van der Waals surface area contributed by atoms with Gasteiger partial charge in [0.1, 0.15) is 0 Å². The first kappa shape index (κ1) is 22.9. The van der Waals surface area contributed by atoms with E-state index >= 15 is 0 Å². The predicted molar refractivity (Wildman–Crippen MR) is 121 cm³/mol. The largest absolute Gasteiger partial charge is 0.384 e. The number of aromatic nitrogens is 2. The van der Waals surface area contributed by atoms with E-state index < -0.39 is 0 Å². The van der Waals surface area contributed by atoms with Gasteiger partial charge in [-0.15, -0.1) is 24.0 Å². The molecule has 1 fully saturated rings. The van der Waals surface area contributed by atoms with Crippen LogP contribution < -0.4 is 5.32 Å². The van der Waals surface area contributed by atoms with Gasteiger partial charge in [0.2, 0.25) is 11.7 Å². The highest BCUT2D eigenvalue weighted by Crippen LogP contribution is 2.20. The number of nitrogens with one attached hydrogen (secondary N) is 1. The van der Waals surface area contributed by atoms with Gasteiger partial charge in [0.15, 0.2) is 5.96 Å². The fourth-order valence-corrected chi connectivity index (χ4v) is 3.37. The summed E-state index contributed by atoms with van der Waals surface area (Å²) >= 11 is 6.02. The molecule has 3 rings (SSSR count). The third kappa shape index (κ3) is 6.31. The van der Waals surface area contributed by atoms with Crippen LogP contribution in [-0.4, -0.2) is 60.9 Å². The SMILES string of the molecule is CCNC(=NCCc1nc(-c2cccc(Cl)c2)no1)N1CCC(COC)C1.I. The quantitative estimate of drug-likeness (QED) is 0.343. The van der Waals surface area contributed by atoms with Gasteiger partial charge < -0.3 is 19.5 Å². The Labute approximate surface area is 187 Å². The van der Waals surface area contributed by atoms with Gasteiger partial charge in [-0.25, -0.2) is 0 Å². The van der Waals surface area contributed by atoms with E-state index in [1.807, 2.05) is 24.3 Å². The molecule has 1 saturated heterocycles. The summed E-state index contributed by atoms with van der Waals surface area (Å²) in [7, 11) is 1.75. The molecule has 2 aromatic rings. The Balaban J connectivity index is 0.00000280. The van der Waals surface area contributed by atoms with Crippen LogP contribution in [0.4, 0.5) is 0 Å². The second kappa shape index (κ2) is 11.6. The zero-order valence-electron chi connectivity index (χ0n) is 16.2. The Morgan fingerprint density at radius 2 is 2.32 bits per heavy atom. The van der Waals surface area contributed by atoms with Crippen molar-refractivity contribution in [3.63, 3.8) is 0 Å². The van der Waals surface area contributed by atoms with Crippen molar-refractivity contribution >= 4 is 41.5 Å². The summed E-state index contributed by atoms with van der Waals surface area (Å²) in [5, 5.41) is 8.05. The molecule has 1 aromatic heterocycles. The number of guanidine groups is 1. The Morgan fingerprint density at radius 1 is 1.46 bits per heavy atom. The van der Waals surface area contributed by atoms with Crippen molar-refractivity contribution in [3.8, 4) is 11.4 Å². The lowest BCUT2D eigenvalue weighted by atomic mass is 10.1. The van der Waals surface area contributed by atoms with E-state index in [0.717, 1.165) is 44.2 Å². The maximum absolute atomic E-state index is 6.02. The zero-order valence-corrected chi connectivity index (χ0v) is 19.3. The fourth-order valence-electron chi connectivity index (χ4n) is 3.18. The summed E-state index contributed by atoms with van der Waals surface area (Å²) in [6.45, 7) is 6.27. The van der Waals surface area contributed by atoms with Crippen molar-refractivity contribution in [3.05, 3.63) is 35.2 Å². The smallest absolute Gasteiger partial charge is 0.228 e. The second-order valence-electron chi connectivity index (χ2n) is 6.56. The monoisotopic (exact) mass is 519 g/mol. The first-order chi connectivity index (χ1) is 13.2. The second-order valence-corrected chi connectivity index (χ2v) is 7.00. The molecule has 28 heavy (non-hydrogen) atoms. The molecule has 9 heteroatoms. The van der Waals surface area contributed by atoms with Gasteiger partial charge in [-0.1, -0.05) is 28.9 Å². The Hall–Kier alpha value is -1.39. The number of nitrogens with zero attached hydrogens (tertiary/aromatic N) is 4. The van der Waals surface area contributed by atoms with E-state index in [2.05, 4.69) is 27.3 Å². The average molecular weight is 520 g/mol. The van der Waals surface area contributed by atoms with Crippen LogP contribution in [0.3, 0.4) is 0 Å². The van der Waals surface area contributed by atoms with Crippen molar-refractivity contribution in [2.45, 2.75) is 19.8 Å². The molecule has 1 unspecified atom stereocenters.